The lowest BCUT2D eigenvalue weighted by atomic mass is 9.51. The number of hydrogen-bond acceptors (Lipinski definition) is 6. The van der Waals surface area contributed by atoms with E-state index < -0.39 is 35.6 Å². The first-order valence-electron chi connectivity index (χ1n) is 9.76. The van der Waals surface area contributed by atoms with Crippen LogP contribution in [0.3, 0.4) is 0 Å². The molecule has 6 rings (SSSR count). The van der Waals surface area contributed by atoms with Crippen LogP contribution < -0.4 is 9.47 Å². The summed E-state index contributed by atoms with van der Waals surface area (Å²) in [5.74, 6) is -2.70. The van der Waals surface area contributed by atoms with Gasteiger partial charge in [-0.15, -0.1) is 0 Å². The highest BCUT2D eigenvalue weighted by Crippen LogP contribution is 2.63. The summed E-state index contributed by atoms with van der Waals surface area (Å²) in [5, 5.41) is 0. The number of allylic oxidation sites excluding steroid dienone is 2. The van der Waals surface area contributed by atoms with Crippen LogP contribution in [0.2, 0.25) is 0 Å². The zero-order chi connectivity index (χ0) is 21.2. The monoisotopic (exact) mass is 402 g/mol. The molecule has 0 spiro atoms. The van der Waals surface area contributed by atoms with E-state index in [2.05, 4.69) is 0 Å². The fraction of sp³-hybridized carbons (Fsp3) is 0.250. The van der Waals surface area contributed by atoms with Crippen molar-refractivity contribution in [3.8, 4) is 11.5 Å². The van der Waals surface area contributed by atoms with Gasteiger partial charge in [0.1, 0.15) is 11.5 Å². The van der Waals surface area contributed by atoms with Gasteiger partial charge in [0.15, 0.2) is 11.6 Å². The number of carbonyl (C=O) groups is 4. The molecular formula is C24H18O6. The quantitative estimate of drug-likeness (QED) is 0.567. The number of rotatable bonds is 2. The van der Waals surface area contributed by atoms with Crippen molar-refractivity contribution in [2.24, 2.45) is 11.8 Å². The molecule has 0 aliphatic heterocycles. The first kappa shape index (κ1) is 18.5. The Labute approximate surface area is 172 Å². The second-order valence-electron chi connectivity index (χ2n) is 7.85. The van der Waals surface area contributed by atoms with E-state index in [1.165, 1.54) is 26.0 Å². The molecule has 6 nitrogen and oxygen atoms in total. The molecule has 4 aliphatic rings. The Morgan fingerprint density at radius 1 is 0.700 bits per heavy atom. The average molecular weight is 402 g/mol. The Morgan fingerprint density at radius 3 is 1.47 bits per heavy atom. The maximum absolute atomic E-state index is 12.9. The van der Waals surface area contributed by atoms with E-state index >= 15 is 0 Å². The van der Waals surface area contributed by atoms with Gasteiger partial charge in [0, 0.05) is 48.6 Å². The number of carbonyl (C=O) groups excluding carboxylic acids is 4. The Morgan fingerprint density at radius 2 is 1.10 bits per heavy atom. The zero-order valence-corrected chi connectivity index (χ0v) is 16.4. The van der Waals surface area contributed by atoms with Gasteiger partial charge in [-0.05, 0) is 35.4 Å². The molecule has 6 heteroatoms. The molecule has 2 aromatic carbocycles. The van der Waals surface area contributed by atoms with Crippen molar-refractivity contribution >= 4 is 23.5 Å². The van der Waals surface area contributed by atoms with Gasteiger partial charge in [0.05, 0.1) is 0 Å². The van der Waals surface area contributed by atoms with Crippen molar-refractivity contribution in [1.29, 1.82) is 0 Å². The van der Waals surface area contributed by atoms with Crippen molar-refractivity contribution in [3.63, 3.8) is 0 Å². The second kappa shape index (κ2) is 6.49. The lowest BCUT2D eigenvalue weighted by Crippen LogP contribution is -2.48. The van der Waals surface area contributed by atoms with Crippen molar-refractivity contribution in [1.82, 2.24) is 0 Å². The maximum Gasteiger partial charge on any atom is 0.308 e. The summed E-state index contributed by atoms with van der Waals surface area (Å²) >= 11 is 0. The zero-order valence-electron chi connectivity index (χ0n) is 16.4. The Bertz CT molecular complexity index is 1080. The SMILES string of the molecule is CC(=O)Oc1ccc(OC(C)=O)c2c1C1c3ccccc3C2C2C(=O)C=CC(=O)C12. The Kier molecular flexibility index (Phi) is 4.00. The third-order valence-corrected chi connectivity index (χ3v) is 6.18. The van der Waals surface area contributed by atoms with Crippen LogP contribution >= 0.6 is 0 Å². The summed E-state index contributed by atoms with van der Waals surface area (Å²) in [6, 6.07) is 10.8. The van der Waals surface area contributed by atoms with Crippen molar-refractivity contribution in [2.75, 3.05) is 0 Å². The molecule has 4 aliphatic carbocycles. The topological polar surface area (TPSA) is 86.7 Å². The van der Waals surface area contributed by atoms with Crippen LogP contribution in [0.15, 0.2) is 48.6 Å². The predicted octanol–water partition coefficient (Wildman–Crippen LogP) is 3.07. The van der Waals surface area contributed by atoms with Gasteiger partial charge < -0.3 is 9.47 Å². The molecule has 4 atom stereocenters. The molecule has 4 unspecified atom stereocenters. The number of esters is 2. The van der Waals surface area contributed by atoms with E-state index in [9.17, 15) is 19.2 Å². The van der Waals surface area contributed by atoms with E-state index in [4.69, 9.17) is 9.47 Å². The van der Waals surface area contributed by atoms with Gasteiger partial charge in [-0.2, -0.15) is 0 Å². The predicted molar refractivity (Wildman–Crippen MR) is 105 cm³/mol. The minimum atomic E-state index is -0.586. The van der Waals surface area contributed by atoms with Crippen LogP contribution in [-0.2, 0) is 19.2 Å². The van der Waals surface area contributed by atoms with E-state index in [1.807, 2.05) is 24.3 Å². The Balaban J connectivity index is 1.86. The number of benzene rings is 2. The standard InChI is InChI=1S/C24H18O6/c1-11(25)29-17-9-10-18(30-12(2)26)24-20-14-6-4-3-5-13(14)19(23(17)24)21-15(27)7-8-16(28)22(20)21/h3-10,19-22H,1-2H3. The lowest BCUT2D eigenvalue weighted by Gasteiger charge is -2.50. The van der Waals surface area contributed by atoms with Crippen molar-refractivity contribution in [2.45, 2.75) is 25.7 Å². The number of ketones is 2. The van der Waals surface area contributed by atoms with Crippen LogP contribution in [0, 0.1) is 11.8 Å². The summed E-state index contributed by atoms with van der Waals surface area (Å²) in [6.07, 6.45) is 2.68. The molecule has 2 aromatic rings. The molecule has 2 bridgehead atoms. The number of ether oxygens (including phenoxy) is 2. The summed E-state index contributed by atoms with van der Waals surface area (Å²) in [4.78, 5) is 49.4. The van der Waals surface area contributed by atoms with Crippen LogP contribution in [0.5, 0.6) is 11.5 Å². The van der Waals surface area contributed by atoms with Gasteiger partial charge in [-0.25, -0.2) is 0 Å². The summed E-state index contributed by atoms with van der Waals surface area (Å²) in [6.45, 7) is 2.62. The third kappa shape index (κ3) is 2.49. The highest BCUT2D eigenvalue weighted by Gasteiger charge is 2.57. The fourth-order valence-electron chi connectivity index (χ4n) is 5.34. The summed E-state index contributed by atoms with van der Waals surface area (Å²) in [7, 11) is 0. The van der Waals surface area contributed by atoms with E-state index in [-0.39, 0.29) is 11.6 Å². The molecular weight excluding hydrogens is 384 g/mol. The molecule has 0 N–H and O–H groups in total. The summed E-state index contributed by atoms with van der Waals surface area (Å²) in [5.41, 5.74) is 3.15. The minimum Gasteiger partial charge on any atom is -0.426 e. The molecule has 0 saturated carbocycles. The average Bonchev–Trinajstić information content (AvgIpc) is 2.71. The van der Waals surface area contributed by atoms with Crippen molar-refractivity contribution in [3.05, 3.63) is 70.8 Å². The molecule has 0 heterocycles. The van der Waals surface area contributed by atoms with Gasteiger partial charge in [0.25, 0.3) is 0 Å². The van der Waals surface area contributed by atoms with Gasteiger partial charge in [-0.3, -0.25) is 19.2 Å². The fourth-order valence-corrected chi connectivity index (χ4v) is 5.34. The normalized spacial score (nSPS) is 25.3. The highest BCUT2D eigenvalue weighted by atomic mass is 16.5. The van der Waals surface area contributed by atoms with Crippen molar-refractivity contribution < 1.29 is 28.7 Å². The van der Waals surface area contributed by atoms with Gasteiger partial charge in [-0.1, -0.05) is 24.3 Å². The van der Waals surface area contributed by atoms with Crippen LogP contribution in [0.25, 0.3) is 0 Å². The van der Waals surface area contributed by atoms with Gasteiger partial charge >= 0.3 is 11.9 Å². The molecule has 30 heavy (non-hydrogen) atoms. The van der Waals surface area contributed by atoms with E-state index in [1.54, 1.807) is 12.1 Å². The largest absolute Gasteiger partial charge is 0.426 e. The molecule has 0 saturated heterocycles. The second-order valence-corrected chi connectivity index (χ2v) is 7.85. The smallest absolute Gasteiger partial charge is 0.308 e. The Hall–Kier alpha value is -3.54. The lowest BCUT2D eigenvalue weighted by molar-refractivity contribution is -0.133. The first-order chi connectivity index (χ1) is 14.4. The highest BCUT2D eigenvalue weighted by molar-refractivity contribution is 6.09. The molecule has 150 valence electrons. The van der Waals surface area contributed by atoms with Crippen LogP contribution in [-0.4, -0.2) is 23.5 Å². The number of hydrogen-bond donors (Lipinski definition) is 0. The minimum absolute atomic E-state index is 0.124. The molecule has 0 aromatic heterocycles. The van der Waals surface area contributed by atoms with E-state index in [0.29, 0.717) is 22.6 Å². The molecule has 0 amide bonds. The van der Waals surface area contributed by atoms with Crippen LogP contribution in [0.4, 0.5) is 0 Å². The first-order valence-corrected chi connectivity index (χ1v) is 9.76. The van der Waals surface area contributed by atoms with Crippen LogP contribution in [0.1, 0.15) is 47.9 Å². The summed E-state index contributed by atoms with van der Waals surface area (Å²) < 4.78 is 11.0. The molecule has 0 fully saturated rings. The van der Waals surface area contributed by atoms with Gasteiger partial charge in [0.2, 0.25) is 0 Å². The molecule has 0 radical (unpaired) electrons. The van der Waals surface area contributed by atoms with E-state index in [0.717, 1.165) is 11.1 Å². The maximum atomic E-state index is 12.9. The third-order valence-electron chi connectivity index (χ3n) is 6.18.